The Hall–Kier alpha value is -3.35. The molecule has 1 saturated heterocycles. The zero-order valence-electron chi connectivity index (χ0n) is 16.9. The summed E-state index contributed by atoms with van der Waals surface area (Å²) in [5.41, 5.74) is 0.560. The molecule has 29 heavy (non-hydrogen) atoms. The lowest BCUT2D eigenvalue weighted by Crippen LogP contribution is -2.40. The minimum absolute atomic E-state index is 0.00681. The van der Waals surface area contributed by atoms with E-state index in [1.165, 1.54) is 6.92 Å². The number of benzene rings is 2. The van der Waals surface area contributed by atoms with Gasteiger partial charge in [-0.05, 0) is 56.7 Å². The van der Waals surface area contributed by atoms with Gasteiger partial charge in [0.05, 0.1) is 20.3 Å². The summed E-state index contributed by atoms with van der Waals surface area (Å²) in [7, 11) is 1.56. The van der Waals surface area contributed by atoms with Crippen molar-refractivity contribution in [1.82, 2.24) is 10.2 Å². The normalized spacial score (nSPS) is 18.6. The molecule has 7 nitrogen and oxygen atoms in total. The molecule has 0 saturated carbocycles. The fourth-order valence-corrected chi connectivity index (χ4v) is 3.35. The first-order chi connectivity index (χ1) is 13.8. The van der Waals surface area contributed by atoms with E-state index in [9.17, 15) is 14.4 Å². The van der Waals surface area contributed by atoms with Gasteiger partial charge in [-0.1, -0.05) is 12.1 Å². The van der Waals surface area contributed by atoms with E-state index in [4.69, 9.17) is 9.47 Å². The lowest BCUT2D eigenvalue weighted by molar-refractivity contribution is -0.131. The zero-order valence-corrected chi connectivity index (χ0v) is 16.9. The molecule has 1 heterocycles. The summed E-state index contributed by atoms with van der Waals surface area (Å²) in [6, 6.07) is 11.5. The van der Waals surface area contributed by atoms with Crippen molar-refractivity contribution in [3.05, 3.63) is 59.2 Å². The number of Topliss-reactive ketones (excluding diaryl/α,β-unsaturated/α-hetero) is 1. The van der Waals surface area contributed by atoms with Crippen LogP contribution in [0, 0.1) is 0 Å². The molecule has 7 heteroatoms. The van der Waals surface area contributed by atoms with Crippen molar-refractivity contribution < 1.29 is 23.9 Å². The van der Waals surface area contributed by atoms with Crippen LogP contribution in [-0.2, 0) is 16.9 Å². The first-order valence-electron chi connectivity index (χ1n) is 9.35. The number of urea groups is 1. The Morgan fingerprint density at radius 1 is 1.14 bits per heavy atom. The second-order valence-electron chi connectivity index (χ2n) is 6.99. The zero-order chi connectivity index (χ0) is 21.2. The molecule has 1 atom stereocenters. The third-order valence-corrected chi connectivity index (χ3v) is 5.04. The summed E-state index contributed by atoms with van der Waals surface area (Å²) in [5, 5.41) is 2.78. The molecule has 0 spiro atoms. The number of rotatable bonds is 7. The van der Waals surface area contributed by atoms with Crippen LogP contribution in [-0.4, -0.2) is 36.3 Å². The second kappa shape index (κ2) is 7.95. The summed E-state index contributed by atoms with van der Waals surface area (Å²) in [6.45, 7) is 5.42. The van der Waals surface area contributed by atoms with Gasteiger partial charge in [0.1, 0.15) is 17.0 Å². The van der Waals surface area contributed by atoms with E-state index in [1.807, 2.05) is 6.92 Å². The van der Waals surface area contributed by atoms with Crippen molar-refractivity contribution >= 4 is 17.7 Å². The van der Waals surface area contributed by atoms with Gasteiger partial charge >= 0.3 is 6.03 Å². The fraction of sp³-hybridized carbons (Fsp3) is 0.318. The van der Waals surface area contributed by atoms with Gasteiger partial charge in [-0.3, -0.25) is 14.5 Å². The summed E-state index contributed by atoms with van der Waals surface area (Å²) in [5.74, 6) is 0.724. The second-order valence-corrected chi connectivity index (χ2v) is 6.99. The summed E-state index contributed by atoms with van der Waals surface area (Å²) in [6.07, 6.45) is 0. The fourth-order valence-electron chi connectivity index (χ4n) is 3.35. The van der Waals surface area contributed by atoms with Crippen molar-refractivity contribution in [3.8, 4) is 11.5 Å². The molecule has 2 aromatic carbocycles. The number of nitrogens with one attached hydrogen (secondary N) is 1. The smallest absolute Gasteiger partial charge is 0.325 e. The average Bonchev–Trinajstić information content (AvgIpc) is 2.93. The number of imide groups is 1. The van der Waals surface area contributed by atoms with E-state index in [-0.39, 0.29) is 18.2 Å². The van der Waals surface area contributed by atoms with Crippen molar-refractivity contribution in [2.75, 3.05) is 13.7 Å². The predicted molar refractivity (Wildman–Crippen MR) is 107 cm³/mol. The van der Waals surface area contributed by atoms with Crippen LogP contribution in [0.1, 0.15) is 42.3 Å². The van der Waals surface area contributed by atoms with Gasteiger partial charge in [0.25, 0.3) is 5.91 Å². The van der Waals surface area contributed by atoms with Crippen molar-refractivity contribution in [2.45, 2.75) is 32.9 Å². The molecule has 152 valence electrons. The van der Waals surface area contributed by atoms with Gasteiger partial charge in [0.2, 0.25) is 0 Å². The van der Waals surface area contributed by atoms with Crippen LogP contribution in [0.3, 0.4) is 0 Å². The highest BCUT2D eigenvalue weighted by Gasteiger charge is 2.49. The standard InChI is InChI=1S/C22H24N2O5/c1-5-29-19-11-6-15(14(2)25)12-16(19)13-24-20(26)22(3,23-21(24)27)17-7-9-18(28-4)10-8-17/h6-12H,5,13H2,1-4H3,(H,23,27)/t22-/m1/s1. The quantitative estimate of drug-likeness (QED) is 0.574. The summed E-state index contributed by atoms with van der Waals surface area (Å²) in [4.78, 5) is 38.7. The number of hydrogen-bond donors (Lipinski definition) is 1. The average molecular weight is 396 g/mol. The Kier molecular flexibility index (Phi) is 5.59. The van der Waals surface area contributed by atoms with Crippen LogP contribution in [0.15, 0.2) is 42.5 Å². The minimum atomic E-state index is -1.19. The number of hydrogen-bond acceptors (Lipinski definition) is 5. The van der Waals surface area contributed by atoms with Gasteiger partial charge < -0.3 is 14.8 Å². The molecular weight excluding hydrogens is 372 g/mol. The topological polar surface area (TPSA) is 84.9 Å². The van der Waals surface area contributed by atoms with E-state index < -0.39 is 11.6 Å². The van der Waals surface area contributed by atoms with E-state index in [1.54, 1.807) is 56.5 Å². The molecule has 0 bridgehead atoms. The molecular formula is C22H24N2O5. The summed E-state index contributed by atoms with van der Waals surface area (Å²) >= 11 is 0. The van der Waals surface area contributed by atoms with E-state index in [0.29, 0.717) is 34.8 Å². The molecule has 1 N–H and O–H groups in total. The maximum atomic E-state index is 13.2. The molecule has 0 radical (unpaired) electrons. The monoisotopic (exact) mass is 396 g/mol. The maximum absolute atomic E-state index is 13.2. The Morgan fingerprint density at radius 3 is 2.41 bits per heavy atom. The number of nitrogens with zero attached hydrogens (tertiary/aromatic N) is 1. The van der Waals surface area contributed by atoms with Gasteiger partial charge in [-0.2, -0.15) is 0 Å². The molecule has 0 unspecified atom stereocenters. The number of ketones is 1. The Labute approximate surface area is 169 Å². The molecule has 0 aromatic heterocycles. The third kappa shape index (κ3) is 3.81. The van der Waals surface area contributed by atoms with Gasteiger partial charge in [0, 0.05) is 11.1 Å². The Balaban J connectivity index is 1.92. The highest BCUT2D eigenvalue weighted by molar-refractivity contribution is 6.07. The first-order valence-corrected chi connectivity index (χ1v) is 9.35. The molecule has 0 aliphatic carbocycles. The SMILES string of the molecule is CCOc1ccc(C(C)=O)cc1CN1C(=O)N[C@](C)(c2ccc(OC)cc2)C1=O. The highest BCUT2D eigenvalue weighted by atomic mass is 16.5. The minimum Gasteiger partial charge on any atom is -0.497 e. The predicted octanol–water partition coefficient (Wildman–Crippen LogP) is 3.26. The van der Waals surface area contributed by atoms with Crippen molar-refractivity contribution in [2.24, 2.45) is 0 Å². The molecule has 1 aliphatic heterocycles. The number of methoxy groups -OCH3 is 1. The van der Waals surface area contributed by atoms with Crippen molar-refractivity contribution in [3.63, 3.8) is 0 Å². The number of carbonyl (C=O) groups is 3. The molecule has 3 rings (SSSR count). The van der Waals surface area contributed by atoms with E-state index in [2.05, 4.69) is 5.32 Å². The number of amides is 3. The van der Waals surface area contributed by atoms with Crippen molar-refractivity contribution in [1.29, 1.82) is 0 Å². The largest absolute Gasteiger partial charge is 0.497 e. The van der Waals surface area contributed by atoms with Crippen LogP contribution < -0.4 is 14.8 Å². The number of ether oxygens (including phenoxy) is 2. The third-order valence-electron chi connectivity index (χ3n) is 5.04. The van der Waals surface area contributed by atoms with Crippen LogP contribution in [0.4, 0.5) is 4.79 Å². The van der Waals surface area contributed by atoms with Crippen LogP contribution in [0.2, 0.25) is 0 Å². The molecule has 3 amide bonds. The van der Waals surface area contributed by atoms with Crippen LogP contribution >= 0.6 is 0 Å². The van der Waals surface area contributed by atoms with Gasteiger partial charge in [0.15, 0.2) is 5.78 Å². The van der Waals surface area contributed by atoms with Crippen LogP contribution in [0.25, 0.3) is 0 Å². The Bertz CT molecular complexity index is 954. The van der Waals surface area contributed by atoms with Gasteiger partial charge in [-0.25, -0.2) is 4.79 Å². The van der Waals surface area contributed by atoms with Crippen LogP contribution in [0.5, 0.6) is 11.5 Å². The molecule has 2 aromatic rings. The molecule has 1 fully saturated rings. The van der Waals surface area contributed by atoms with E-state index in [0.717, 1.165) is 4.90 Å². The number of carbonyl (C=O) groups excluding carboxylic acids is 3. The Morgan fingerprint density at radius 2 is 1.83 bits per heavy atom. The lowest BCUT2D eigenvalue weighted by atomic mass is 9.92. The first kappa shape index (κ1) is 20.4. The molecule has 1 aliphatic rings. The summed E-state index contributed by atoms with van der Waals surface area (Å²) < 4.78 is 10.8. The highest BCUT2D eigenvalue weighted by Crippen LogP contribution is 2.32. The van der Waals surface area contributed by atoms with E-state index >= 15 is 0 Å². The maximum Gasteiger partial charge on any atom is 0.325 e. The van der Waals surface area contributed by atoms with Gasteiger partial charge in [-0.15, -0.1) is 0 Å². The lowest BCUT2D eigenvalue weighted by Gasteiger charge is -2.23.